The van der Waals surface area contributed by atoms with Gasteiger partial charge in [-0.15, -0.1) is 6.58 Å². The van der Waals surface area contributed by atoms with Crippen LogP contribution in [0.15, 0.2) is 93.9 Å². The summed E-state index contributed by atoms with van der Waals surface area (Å²) < 4.78 is 42.5. The van der Waals surface area contributed by atoms with Crippen molar-refractivity contribution < 1.29 is 17.4 Å². The van der Waals surface area contributed by atoms with Crippen LogP contribution >= 0.6 is 0 Å². The molecule has 0 amide bonds. The molecule has 0 unspecified atom stereocenters. The van der Waals surface area contributed by atoms with Crippen LogP contribution < -0.4 is 14.8 Å². The lowest BCUT2D eigenvalue weighted by molar-refractivity contribution is 0.483. The molecule has 0 bridgehead atoms. The van der Waals surface area contributed by atoms with Crippen LogP contribution in [0.1, 0.15) is 112 Å². The van der Waals surface area contributed by atoms with Crippen LogP contribution in [0, 0.1) is 0 Å². The van der Waals surface area contributed by atoms with E-state index in [9.17, 15) is 13.0 Å². The molecule has 4 rings (SSSR count). The third kappa shape index (κ3) is 9.73. The van der Waals surface area contributed by atoms with Crippen molar-refractivity contribution in [2.24, 2.45) is 0 Å². The van der Waals surface area contributed by atoms with Gasteiger partial charge in [-0.05, 0) is 99.1 Å². The second-order valence-corrected chi connectivity index (χ2v) is 15.6. The predicted octanol–water partition coefficient (Wildman–Crippen LogP) is 10.2. The van der Waals surface area contributed by atoms with Crippen LogP contribution in [-0.2, 0) is 20.9 Å². The summed E-state index contributed by atoms with van der Waals surface area (Å²) >= 11 is 0. The Balaban J connectivity index is 0.00000319. The fourth-order valence-corrected chi connectivity index (χ4v) is 6.98. The average Bonchev–Trinajstić information content (AvgIpc) is 3.25. The van der Waals surface area contributed by atoms with Crippen molar-refractivity contribution >= 4 is 21.9 Å². The molecule has 7 heteroatoms. The average molecular weight is 688 g/mol. The molecule has 1 N–H and O–H groups in total. The number of unbranched alkanes of at least 4 members (excludes halogenated alkanes) is 2. The summed E-state index contributed by atoms with van der Waals surface area (Å²) in [4.78, 5) is 2.21. The fraction of sp³-hybridized carbons (Fsp3) is 0.452. The van der Waals surface area contributed by atoms with Gasteiger partial charge in [0.25, 0.3) is 10.1 Å². The van der Waals surface area contributed by atoms with Crippen LogP contribution in [-0.4, -0.2) is 32.6 Å². The molecule has 3 aliphatic rings. The minimum absolute atomic E-state index is 0.0547. The Bertz CT molecular complexity index is 1840. The fourth-order valence-electron chi connectivity index (χ4n) is 6.47. The van der Waals surface area contributed by atoms with Crippen molar-refractivity contribution in [3.63, 3.8) is 0 Å². The number of nitrogens with zero attached hydrogens (tertiary/aromatic N) is 2. The van der Waals surface area contributed by atoms with E-state index < -0.39 is 15.5 Å². The first kappa shape index (κ1) is 39.8. The van der Waals surface area contributed by atoms with Crippen molar-refractivity contribution in [3.8, 4) is 11.3 Å². The molecule has 266 valence electrons. The van der Waals surface area contributed by atoms with Gasteiger partial charge in [0.2, 0.25) is 5.36 Å². The third-order valence-corrected chi connectivity index (χ3v) is 9.94. The number of hydrogen-bond donors (Lipinski definition) is 1. The molecule has 0 aromatic heterocycles. The predicted molar refractivity (Wildman–Crippen MR) is 208 cm³/mol. The van der Waals surface area contributed by atoms with Crippen LogP contribution in [0.3, 0.4) is 0 Å². The van der Waals surface area contributed by atoms with Gasteiger partial charge in [0.05, 0.1) is 11.0 Å². The Labute approximate surface area is 296 Å². The molecule has 0 atom stereocenters. The van der Waals surface area contributed by atoms with Crippen molar-refractivity contribution in [2.45, 2.75) is 111 Å². The highest BCUT2D eigenvalue weighted by molar-refractivity contribution is 7.85. The highest BCUT2D eigenvalue weighted by Gasteiger charge is 2.40. The van der Waals surface area contributed by atoms with Gasteiger partial charge in [0, 0.05) is 35.0 Å². The monoisotopic (exact) mass is 687 g/mol. The minimum Gasteiger partial charge on any atom is -0.456 e. The molecule has 0 saturated carbocycles. The molecular weight excluding hydrogens is 629 g/mol. The second kappa shape index (κ2) is 16.8. The lowest BCUT2D eigenvalue weighted by Gasteiger charge is -2.27. The van der Waals surface area contributed by atoms with Gasteiger partial charge in [-0.2, -0.15) is 8.42 Å². The summed E-state index contributed by atoms with van der Waals surface area (Å²) in [5.74, 6) is 1.67. The van der Waals surface area contributed by atoms with Gasteiger partial charge in [-0.3, -0.25) is 4.55 Å². The topological polar surface area (TPSA) is 73.8 Å². The van der Waals surface area contributed by atoms with E-state index in [0.717, 1.165) is 84.7 Å². The smallest absolute Gasteiger partial charge is 0.294 e. The minimum atomic E-state index is -4.31. The van der Waals surface area contributed by atoms with E-state index >= 15 is 0 Å². The third-order valence-electron chi connectivity index (χ3n) is 9.09. The van der Waals surface area contributed by atoms with Crippen molar-refractivity contribution in [1.29, 1.82) is 0 Å². The Hall–Kier alpha value is -3.68. The van der Waals surface area contributed by atoms with Crippen LogP contribution in [0.4, 0.5) is 5.69 Å². The molecular formula is C42H59N2O4S+. The standard InChI is InChI=1S/C40H52N2O4S.C2H6/c1-10-41(11-2)30-21-23-33-34(39(5,6)7)27-31(46-37(33)26-30)19-15-12-16-20-38-40(8,9)35-28-32(47(43,44)45)22-24-36(35)42(38)25-17-13-14-18-29(3)4;1-2/h12,15-16,19-24,26-28H,3,10-11,13-14,17-18,25H2,1-2,4-9H3;1-2H3/p+1. The number of hydrogen-bond acceptors (Lipinski definition) is 4. The highest BCUT2D eigenvalue weighted by atomic mass is 32.2. The first-order valence-electron chi connectivity index (χ1n) is 17.8. The summed E-state index contributed by atoms with van der Waals surface area (Å²) in [6.45, 7) is 28.0. The van der Waals surface area contributed by atoms with Gasteiger partial charge in [-0.1, -0.05) is 78.7 Å². The molecule has 6 nitrogen and oxygen atoms in total. The van der Waals surface area contributed by atoms with E-state index in [0.29, 0.717) is 0 Å². The normalized spacial score (nSPS) is 15.2. The molecule has 49 heavy (non-hydrogen) atoms. The zero-order valence-corrected chi connectivity index (χ0v) is 32.4. The number of rotatable bonds is 12. The zero-order valence-electron chi connectivity index (χ0n) is 31.6. The van der Waals surface area contributed by atoms with Crippen molar-refractivity contribution in [3.05, 3.63) is 107 Å². The SMILES string of the molecule is C=C(C)CCCCCN1/C(=C/C=C/C=C/c2cc(C(C)(C)C)c3ccc(=[N+](CC)CC)cc-3o2)C(C)(C)c2cc(S(=O)(=O)O)ccc21.CC. The van der Waals surface area contributed by atoms with Gasteiger partial charge in [0.15, 0.2) is 0 Å². The molecule has 0 radical (unpaired) electrons. The molecule has 2 heterocycles. The second-order valence-electron chi connectivity index (χ2n) is 14.2. The highest BCUT2D eigenvalue weighted by Crippen LogP contribution is 2.48. The summed E-state index contributed by atoms with van der Waals surface area (Å²) in [5, 5.41) is 1.16. The summed E-state index contributed by atoms with van der Waals surface area (Å²) in [7, 11) is -4.31. The molecule has 0 fully saturated rings. The molecule has 2 aliphatic heterocycles. The van der Waals surface area contributed by atoms with E-state index in [1.807, 2.05) is 44.2 Å². The van der Waals surface area contributed by atoms with Crippen LogP contribution in [0.2, 0.25) is 0 Å². The van der Waals surface area contributed by atoms with Crippen molar-refractivity contribution in [2.75, 3.05) is 24.5 Å². The van der Waals surface area contributed by atoms with E-state index in [-0.39, 0.29) is 10.3 Å². The van der Waals surface area contributed by atoms with Crippen molar-refractivity contribution in [1.82, 2.24) is 4.58 Å². The van der Waals surface area contributed by atoms with Crippen LogP contribution in [0.25, 0.3) is 17.4 Å². The Morgan fingerprint density at radius 2 is 1.67 bits per heavy atom. The Kier molecular flexibility index (Phi) is 13.6. The molecule has 1 aliphatic carbocycles. The van der Waals surface area contributed by atoms with E-state index in [4.69, 9.17) is 4.42 Å². The van der Waals surface area contributed by atoms with Gasteiger partial charge < -0.3 is 9.32 Å². The van der Waals surface area contributed by atoms with E-state index in [1.54, 1.807) is 6.07 Å². The summed E-state index contributed by atoms with van der Waals surface area (Å²) in [6, 6.07) is 13.6. The van der Waals surface area contributed by atoms with Crippen LogP contribution in [0.5, 0.6) is 0 Å². The zero-order chi connectivity index (χ0) is 36.6. The largest absolute Gasteiger partial charge is 0.456 e. The molecule has 0 saturated heterocycles. The maximum Gasteiger partial charge on any atom is 0.294 e. The molecule has 1 aromatic carbocycles. The lowest BCUT2D eigenvalue weighted by atomic mass is 9.83. The summed E-state index contributed by atoms with van der Waals surface area (Å²) in [6.07, 6.45) is 14.3. The maximum atomic E-state index is 12.0. The number of benzene rings is 2. The van der Waals surface area contributed by atoms with Gasteiger partial charge in [0.1, 0.15) is 24.6 Å². The van der Waals surface area contributed by atoms with Gasteiger partial charge >= 0.3 is 0 Å². The maximum absolute atomic E-state index is 12.0. The van der Waals surface area contributed by atoms with Gasteiger partial charge in [-0.25, -0.2) is 4.58 Å². The lowest BCUT2D eigenvalue weighted by Crippen LogP contribution is -2.29. The molecule has 0 spiro atoms. The number of anilines is 1. The Morgan fingerprint density at radius 3 is 2.29 bits per heavy atom. The summed E-state index contributed by atoms with van der Waals surface area (Å²) in [5.41, 5.74) is 6.00. The Morgan fingerprint density at radius 1 is 0.980 bits per heavy atom. The molecule has 1 aromatic rings. The first-order chi connectivity index (χ1) is 23.1. The van der Waals surface area contributed by atoms with E-state index in [2.05, 4.69) is 102 Å². The van der Waals surface area contributed by atoms with E-state index in [1.165, 1.54) is 17.2 Å². The quantitative estimate of drug-likeness (QED) is 0.0675. The number of allylic oxidation sites excluding steroid dienone is 6. The number of fused-ring (bicyclic) bond motifs is 2. The first-order valence-corrected chi connectivity index (χ1v) is 19.3.